The average Bonchev–Trinajstić information content (AvgIpc) is 2.28. The predicted octanol–water partition coefficient (Wildman–Crippen LogP) is 2.47. The van der Waals surface area contributed by atoms with Gasteiger partial charge >= 0.3 is 0 Å². The summed E-state index contributed by atoms with van der Waals surface area (Å²) < 4.78 is 5.88. The predicted molar refractivity (Wildman–Crippen MR) is 78.0 cm³/mol. The Morgan fingerprint density at radius 3 is 2.78 bits per heavy atom. The van der Waals surface area contributed by atoms with Crippen LogP contribution in [0.1, 0.15) is 40.0 Å². The van der Waals surface area contributed by atoms with Crippen LogP contribution in [0.4, 0.5) is 0 Å². The molecule has 0 amide bonds. The van der Waals surface area contributed by atoms with Gasteiger partial charge in [-0.2, -0.15) is 0 Å². The normalized spacial score (nSPS) is 22.0. The summed E-state index contributed by atoms with van der Waals surface area (Å²) in [6.07, 6.45) is 4.41. The minimum atomic E-state index is 0.407. The van der Waals surface area contributed by atoms with Crippen molar-refractivity contribution in [2.75, 3.05) is 46.4 Å². The second kappa shape index (κ2) is 8.89. The van der Waals surface area contributed by atoms with Crippen molar-refractivity contribution < 1.29 is 4.74 Å². The van der Waals surface area contributed by atoms with E-state index < -0.39 is 0 Å². The third-order valence-electron chi connectivity index (χ3n) is 3.49. The summed E-state index contributed by atoms with van der Waals surface area (Å²) in [6, 6.07) is 0. The quantitative estimate of drug-likeness (QED) is 0.621. The van der Waals surface area contributed by atoms with Crippen molar-refractivity contribution >= 4 is 0 Å². The molecule has 1 aliphatic heterocycles. The minimum Gasteiger partial charge on any atom is -0.374 e. The molecule has 0 radical (unpaired) electrons. The first-order valence-electron chi connectivity index (χ1n) is 7.64. The van der Waals surface area contributed by atoms with Crippen molar-refractivity contribution in [2.24, 2.45) is 5.92 Å². The smallest absolute Gasteiger partial charge is 0.0829 e. The molecule has 0 bridgehead atoms. The fourth-order valence-electron chi connectivity index (χ4n) is 2.72. The molecule has 3 nitrogen and oxygen atoms in total. The largest absolute Gasteiger partial charge is 0.374 e. The Morgan fingerprint density at radius 1 is 1.33 bits per heavy atom. The van der Waals surface area contributed by atoms with E-state index in [0.717, 1.165) is 38.7 Å². The highest BCUT2D eigenvalue weighted by Crippen LogP contribution is 2.09. The SMILES string of the molecule is CCCCCN1CCOC(CN(C)CC(C)C)C1. The molecule has 1 saturated heterocycles. The first kappa shape index (κ1) is 15.9. The van der Waals surface area contributed by atoms with Gasteiger partial charge in [0, 0.05) is 26.2 Å². The molecular weight excluding hydrogens is 224 g/mol. The maximum absolute atomic E-state index is 5.88. The molecule has 1 unspecified atom stereocenters. The van der Waals surface area contributed by atoms with E-state index in [-0.39, 0.29) is 0 Å². The van der Waals surface area contributed by atoms with Crippen molar-refractivity contribution in [1.29, 1.82) is 0 Å². The molecule has 0 saturated carbocycles. The van der Waals surface area contributed by atoms with Gasteiger partial charge in [-0.3, -0.25) is 4.90 Å². The third-order valence-corrected chi connectivity index (χ3v) is 3.49. The molecule has 0 aromatic rings. The lowest BCUT2D eigenvalue weighted by Crippen LogP contribution is -2.47. The first-order chi connectivity index (χ1) is 8.61. The average molecular weight is 256 g/mol. The lowest BCUT2D eigenvalue weighted by Gasteiger charge is -2.35. The van der Waals surface area contributed by atoms with Crippen LogP contribution in [0.2, 0.25) is 0 Å². The first-order valence-corrected chi connectivity index (χ1v) is 7.64. The van der Waals surface area contributed by atoms with Crippen molar-refractivity contribution in [3.63, 3.8) is 0 Å². The summed E-state index contributed by atoms with van der Waals surface area (Å²) >= 11 is 0. The Morgan fingerprint density at radius 2 is 2.11 bits per heavy atom. The molecule has 1 aliphatic rings. The molecule has 108 valence electrons. The molecule has 1 rings (SSSR count). The van der Waals surface area contributed by atoms with Crippen molar-refractivity contribution in [1.82, 2.24) is 9.80 Å². The van der Waals surface area contributed by atoms with Crippen molar-refractivity contribution in [2.45, 2.75) is 46.1 Å². The molecule has 0 spiro atoms. The lowest BCUT2D eigenvalue weighted by molar-refractivity contribution is -0.0416. The number of ether oxygens (including phenoxy) is 1. The van der Waals surface area contributed by atoms with Crippen LogP contribution < -0.4 is 0 Å². The highest BCUT2D eigenvalue weighted by molar-refractivity contribution is 4.74. The van der Waals surface area contributed by atoms with Gasteiger partial charge in [-0.1, -0.05) is 33.6 Å². The van der Waals surface area contributed by atoms with Crippen LogP contribution in [-0.4, -0.2) is 62.3 Å². The van der Waals surface area contributed by atoms with Gasteiger partial charge < -0.3 is 9.64 Å². The zero-order valence-electron chi connectivity index (χ0n) is 12.8. The maximum atomic E-state index is 5.88. The molecule has 0 N–H and O–H groups in total. The van der Waals surface area contributed by atoms with E-state index in [1.165, 1.54) is 25.8 Å². The number of unbranched alkanes of at least 4 members (excludes halogenated alkanes) is 2. The van der Waals surface area contributed by atoms with Gasteiger partial charge in [0.2, 0.25) is 0 Å². The molecule has 0 aromatic carbocycles. The molecule has 0 aliphatic carbocycles. The number of hydrogen-bond donors (Lipinski definition) is 0. The van der Waals surface area contributed by atoms with Crippen molar-refractivity contribution in [3.8, 4) is 0 Å². The number of likely N-dealkylation sites (N-methyl/N-ethyl adjacent to an activating group) is 1. The van der Waals surface area contributed by atoms with Crippen LogP contribution in [0.5, 0.6) is 0 Å². The minimum absolute atomic E-state index is 0.407. The lowest BCUT2D eigenvalue weighted by atomic mass is 10.2. The molecule has 3 heteroatoms. The van der Waals surface area contributed by atoms with Gasteiger partial charge in [0.25, 0.3) is 0 Å². The number of rotatable bonds is 8. The molecule has 1 fully saturated rings. The van der Waals surface area contributed by atoms with Crippen LogP contribution in [-0.2, 0) is 4.74 Å². The Kier molecular flexibility index (Phi) is 7.87. The van der Waals surface area contributed by atoms with E-state index in [0.29, 0.717) is 6.10 Å². The van der Waals surface area contributed by atoms with Crippen LogP contribution in [0.25, 0.3) is 0 Å². The van der Waals surface area contributed by atoms with E-state index in [4.69, 9.17) is 4.74 Å². The highest BCUT2D eigenvalue weighted by Gasteiger charge is 2.21. The monoisotopic (exact) mass is 256 g/mol. The van der Waals surface area contributed by atoms with Gasteiger partial charge in [0.1, 0.15) is 0 Å². The highest BCUT2D eigenvalue weighted by atomic mass is 16.5. The van der Waals surface area contributed by atoms with E-state index in [1.807, 2.05) is 0 Å². The van der Waals surface area contributed by atoms with Crippen LogP contribution in [0.3, 0.4) is 0 Å². The fraction of sp³-hybridized carbons (Fsp3) is 1.00. The summed E-state index contributed by atoms with van der Waals surface area (Å²) in [6.45, 7) is 13.4. The Labute approximate surface area is 113 Å². The van der Waals surface area contributed by atoms with Crippen LogP contribution in [0.15, 0.2) is 0 Å². The Balaban J connectivity index is 2.21. The van der Waals surface area contributed by atoms with Gasteiger partial charge in [-0.05, 0) is 25.9 Å². The second-order valence-corrected chi connectivity index (χ2v) is 6.12. The Bertz CT molecular complexity index is 209. The zero-order valence-corrected chi connectivity index (χ0v) is 12.8. The zero-order chi connectivity index (χ0) is 13.4. The summed E-state index contributed by atoms with van der Waals surface area (Å²) in [7, 11) is 2.21. The molecule has 18 heavy (non-hydrogen) atoms. The van der Waals surface area contributed by atoms with Crippen LogP contribution in [0, 0.1) is 5.92 Å². The van der Waals surface area contributed by atoms with Gasteiger partial charge in [-0.15, -0.1) is 0 Å². The molecular formula is C15H32N2O. The second-order valence-electron chi connectivity index (χ2n) is 6.12. The molecule has 0 aromatic heterocycles. The van der Waals surface area contributed by atoms with E-state index in [9.17, 15) is 0 Å². The summed E-state index contributed by atoms with van der Waals surface area (Å²) in [4.78, 5) is 4.98. The number of nitrogens with zero attached hydrogens (tertiary/aromatic N) is 2. The Hall–Kier alpha value is -0.120. The standard InChI is InChI=1S/C15H32N2O/c1-5-6-7-8-17-9-10-18-15(13-17)12-16(4)11-14(2)3/h14-15H,5-13H2,1-4H3. The molecule has 1 atom stereocenters. The summed E-state index contributed by atoms with van der Waals surface area (Å²) in [5.41, 5.74) is 0. The van der Waals surface area contributed by atoms with Crippen LogP contribution >= 0.6 is 0 Å². The van der Waals surface area contributed by atoms with Crippen molar-refractivity contribution in [3.05, 3.63) is 0 Å². The van der Waals surface area contributed by atoms with E-state index >= 15 is 0 Å². The third kappa shape index (κ3) is 6.72. The van der Waals surface area contributed by atoms with Gasteiger partial charge in [0.15, 0.2) is 0 Å². The summed E-state index contributed by atoms with van der Waals surface area (Å²) in [5.74, 6) is 0.735. The molecule has 1 heterocycles. The fourth-order valence-corrected chi connectivity index (χ4v) is 2.72. The topological polar surface area (TPSA) is 15.7 Å². The number of morpholine rings is 1. The number of hydrogen-bond acceptors (Lipinski definition) is 3. The van der Waals surface area contributed by atoms with Gasteiger partial charge in [0.05, 0.1) is 12.7 Å². The van der Waals surface area contributed by atoms with E-state index in [1.54, 1.807) is 0 Å². The van der Waals surface area contributed by atoms with E-state index in [2.05, 4.69) is 37.6 Å². The summed E-state index contributed by atoms with van der Waals surface area (Å²) in [5, 5.41) is 0. The van der Waals surface area contributed by atoms with Gasteiger partial charge in [-0.25, -0.2) is 0 Å². The maximum Gasteiger partial charge on any atom is 0.0829 e.